The highest BCUT2D eigenvalue weighted by Gasteiger charge is 2.23. The summed E-state index contributed by atoms with van der Waals surface area (Å²) in [5.74, 6) is 0.163. The summed E-state index contributed by atoms with van der Waals surface area (Å²) in [5, 5.41) is 11.8. The molecule has 192 valence electrons. The van der Waals surface area contributed by atoms with E-state index in [9.17, 15) is 5.11 Å². The number of para-hydroxylation sites is 2. The minimum absolute atomic E-state index is 0.163. The number of phenolic OH excluding ortho intramolecular Hbond substituents is 1. The van der Waals surface area contributed by atoms with Crippen LogP contribution in [0, 0.1) is 0 Å². The van der Waals surface area contributed by atoms with Gasteiger partial charge in [-0.1, -0.05) is 67.8 Å². The van der Waals surface area contributed by atoms with Gasteiger partial charge in [0.15, 0.2) is 0 Å². The van der Waals surface area contributed by atoms with E-state index in [4.69, 9.17) is 4.42 Å². The van der Waals surface area contributed by atoms with Crippen LogP contribution in [0.25, 0.3) is 17.0 Å². The zero-order valence-electron chi connectivity index (χ0n) is 21.9. The quantitative estimate of drug-likeness (QED) is 0.200. The number of allylic oxidation sites excluding steroid dienone is 4. The fourth-order valence-electron chi connectivity index (χ4n) is 4.72. The third kappa shape index (κ3) is 5.13. The summed E-state index contributed by atoms with van der Waals surface area (Å²) in [7, 11) is 0. The Hall–Kier alpha value is -5.22. The fourth-order valence-corrected chi connectivity index (χ4v) is 4.72. The fraction of sp³-hybridized carbons (Fsp3) is 0.0286. The van der Waals surface area contributed by atoms with Crippen molar-refractivity contribution in [2.45, 2.75) is 6.92 Å². The molecule has 0 unspecified atom stereocenters. The molecule has 0 atom stereocenters. The number of phenols is 1. The molecule has 1 heterocycles. The molecule has 0 bridgehead atoms. The lowest BCUT2D eigenvalue weighted by molar-refractivity contribution is 0.475. The monoisotopic (exact) mass is 510 g/mol. The lowest BCUT2D eigenvalue weighted by Gasteiger charge is -2.33. The number of hydrogen-bond donors (Lipinski definition) is 1. The second kappa shape index (κ2) is 11.4. The molecule has 0 radical (unpaired) electrons. The van der Waals surface area contributed by atoms with Crippen LogP contribution in [0.15, 0.2) is 151 Å². The van der Waals surface area contributed by atoms with Crippen molar-refractivity contribution >= 4 is 45.5 Å². The molecule has 1 aromatic heterocycles. The van der Waals surface area contributed by atoms with E-state index in [0.717, 1.165) is 50.7 Å². The third-order valence-electron chi connectivity index (χ3n) is 6.42. The molecule has 4 aromatic carbocycles. The van der Waals surface area contributed by atoms with Crippen molar-refractivity contribution in [1.82, 2.24) is 0 Å². The van der Waals surface area contributed by atoms with Crippen LogP contribution in [-0.2, 0) is 0 Å². The highest BCUT2D eigenvalue weighted by atomic mass is 16.3. The van der Waals surface area contributed by atoms with Gasteiger partial charge in [0.25, 0.3) is 0 Å². The third-order valence-corrected chi connectivity index (χ3v) is 6.42. The Morgan fingerprint density at radius 2 is 1.51 bits per heavy atom. The van der Waals surface area contributed by atoms with Gasteiger partial charge in [-0.3, -0.25) is 0 Å². The Bertz CT molecular complexity index is 1660. The summed E-state index contributed by atoms with van der Waals surface area (Å²) in [6, 6.07) is 31.8. The second-order valence-electron chi connectivity index (χ2n) is 8.92. The topological polar surface area (TPSA) is 39.9 Å². The Balaban J connectivity index is 1.80. The summed E-state index contributed by atoms with van der Waals surface area (Å²) in [5.41, 5.74) is 7.09. The van der Waals surface area contributed by atoms with E-state index >= 15 is 0 Å². The van der Waals surface area contributed by atoms with Crippen LogP contribution in [0.2, 0.25) is 0 Å². The summed E-state index contributed by atoms with van der Waals surface area (Å²) in [6.07, 6.45) is 11.3. The molecule has 5 rings (SSSR count). The number of nitrogens with zero attached hydrogens (tertiary/aromatic N) is 2. The SMILES string of the molecule is C=C/C=C(\C=C/C)N(c1ccccc1)c1ccc(O)cc1N(c1ccccc1)c1ccc2c(C=C)coc2c1. The number of fused-ring (bicyclic) bond motifs is 1. The van der Waals surface area contributed by atoms with Gasteiger partial charge in [0.1, 0.15) is 11.3 Å². The largest absolute Gasteiger partial charge is 0.508 e. The maximum Gasteiger partial charge on any atom is 0.136 e. The molecule has 0 amide bonds. The summed E-state index contributed by atoms with van der Waals surface area (Å²) in [4.78, 5) is 4.29. The molecule has 4 heteroatoms. The molecule has 1 N–H and O–H groups in total. The normalized spacial score (nSPS) is 11.6. The second-order valence-corrected chi connectivity index (χ2v) is 8.92. The molecule has 0 spiro atoms. The number of rotatable bonds is 9. The standard InChI is InChI=1S/C35H30N2O2/c1-4-13-27(14-5-2)36(28-15-9-7-10-16-28)33-22-20-31(38)24-34(33)37(29-17-11-8-12-18-29)30-19-21-32-26(6-3)25-39-35(32)23-30/h4-25,38H,1,3H2,2H3/b14-5-,27-13+. The van der Waals surface area contributed by atoms with E-state index < -0.39 is 0 Å². The Morgan fingerprint density at radius 1 is 0.795 bits per heavy atom. The molecule has 0 saturated carbocycles. The summed E-state index contributed by atoms with van der Waals surface area (Å²) in [6.45, 7) is 9.84. The number of benzene rings is 4. The van der Waals surface area contributed by atoms with Crippen LogP contribution in [0.4, 0.5) is 28.4 Å². The van der Waals surface area contributed by atoms with E-state index in [-0.39, 0.29) is 5.75 Å². The van der Waals surface area contributed by atoms with Crippen molar-refractivity contribution < 1.29 is 9.52 Å². The van der Waals surface area contributed by atoms with Crippen LogP contribution in [-0.4, -0.2) is 5.11 Å². The van der Waals surface area contributed by atoms with Crippen molar-refractivity contribution in [3.63, 3.8) is 0 Å². The maximum absolute atomic E-state index is 10.8. The van der Waals surface area contributed by atoms with E-state index in [0.29, 0.717) is 0 Å². The van der Waals surface area contributed by atoms with Crippen molar-refractivity contribution in [3.05, 3.63) is 152 Å². The Kier molecular flexibility index (Phi) is 7.46. The minimum Gasteiger partial charge on any atom is -0.508 e. The van der Waals surface area contributed by atoms with Gasteiger partial charge >= 0.3 is 0 Å². The Labute approximate surface area is 229 Å². The van der Waals surface area contributed by atoms with Gasteiger partial charge in [-0.05, 0) is 67.6 Å². The Morgan fingerprint density at radius 3 is 2.18 bits per heavy atom. The predicted molar refractivity (Wildman–Crippen MR) is 164 cm³/mol. The van der Waals surface area contributed by atoms with Gasteiger partial charge in [-0.2, -0.15) is 0 Å². The first-order valence-corrected chi connectivity index (χ1v) is 12.8. The van der Waals surface area contributed by atoms with Crippen molar-refractivity contribution in [2.24, 2.45) is 0 Å². The molecule has 5 aromatic rings. The summed E-state index contributed by atoms with van der Waals surface area (Å²) >= 11 is 0. The summed E-state index contributed by atoms with van der Waals surface area (Å²) < 4.78 is 5.89. The van der Waals surface area contributed by atoms with E-state index in [1.165, 1.54) is 0 Å². The molecule has 0 fully saturated rings. The highest BCUT2D eigenvalue weighted by molar-refractivity contribution is 5.94. The van der Waals surface area contributed by atoms with Crippen molar-refractivity contribution in [1.29, 1.82) is 0 Å². The molecule has 0 saturated heterocycles. The van der Waals surface area contributed by atoms with Gasteiger partial charge in [-0.25, -0.2) is 0 Å². The smallest absolute Gasteiger partial charge is 0.136 e. The van der Waals surface area contributed by atoms with Gasteiger partial charge in [0.2, 0.25) is 0 Å². The van der Waals surface area contributed by atoms with E-state index in [2.05, 4.69) is 53.3 Å². The van der Waals surface area contributed by atoms with Crippen LogP contribution in [0.3, 0.4) is 0 Å². The minimum atomic E-state index is 0.163. The number of anilines is 5. The van der Waals surface area contributed by atoms with Crippen LogP contribution in [0.5, 0.6) is 5.75 Å². The number of hydrogen-bond acceptors (Lipinski definition) is 4. The zero-order valence-corrected chi connectivity index (χ0v) is 21.9. The van der Waals surface area contributed by atoms with Gasteiger partial charge in [-0.15, -0.1) is 0 Å². The first-order valence-electron chi connectivity index (χ1n) is 12.8. The average molecular weight is 511 g/mol. The van der Waals surface area contributed by atoms with Gasteiger partial charge < -0.3 is 19.3 Å². The molecule has 4 nitrogen and oxygen atoms in total. The first kappa shape index (κ1) is 25.4. The van der Waals surface area contributed by atoms with Gasteiger partial charge in [0.05, 0.1) is 17.6 Å². The number of aromatic hydroxyl groups is 1. The highest BCUT2D eigenvalue weighted by Crippen LogP contribution is 2.46. The predicted octanol–water partition coefficient (Wildman–Crippen LogP) is 10.0. The lowest BCUT2D eigenvalue weighted by atomic mass is 10.1. The van der Waals surface area contributed by atoms with Crippen molar-refractivity contribution in [3.8, 4) is 5.75 Å². The average Bonchev–Trinajstić information content (AvgIpc) is 3.38. The molecule has 0 aliphatic carbocycles. The molecule has 39 heavy (non-hydrogen) atoms. The van der Waals surface area contributed by atoms with Crippen LogP contribution < -0.4 is 9.80 Å². The van der Waals surface area contributed by atoms with Crippen LogP contribution >= 0.6 is 0 Å². The maximum atomic E-state index is 10.8. The first-order chi connectivity index (χ1) is 19.1. The van der Waals surface area contributed by atoms with Crippen molar-refractivity contribution in [2.75, 3.05) is 9.80 Å². The van der Waals surface area contributed by atoms with E-state index in [1.807, 2.05) is 79.7 Å². The zero-order chi connectivity index (χ0) is 27.2. The van der Waals surface area contributed by atoms with Gasteiger partial charge in [0, 0.05) is 45.8 Å². The molecular weight excluding hydrogens is 480 g/mol. The molecule has 0 aliphatic heterocycles. The van der Waals surface area contributed by atoms with E-state index in [1.54, 1.807) is 30.5 Å². The lowest BCUT2D eigenvalue weighted by Crippen LogP contribution is -2.19. The number of furan rings is 1. The van der Waals surface area contributed by atoms with Crippen LogP contribution in [0.1, 0.15) is 12.5 Å². The molecule has 0 aliphatic rings. The molecular formula is C35H30N2O2.